The highest BCUT2D eigenvalue weighted by Crippen LogP contribution is 2.44. The van der Waals surface area contributed by atoms with Gasteiger partial charge >= 0.3 is 0 Å². The summed E-state index contributed by atoms with van der Waals surface area (Å²) < 4.78 is 11.4. The van der Waals surface area contributed by atoms with Crippen LogP contribution in [0.25, 0.3) is 0 Å². The molecule has 1 atom stereocenters. The Balaban J connectivity index is 1.41. The van der Waals surface area contributed by atoms with Crippen LogP contribution in [0.5, 0.6) is 0 Å². The Morgan fingerprint density at radius 1 is 0.762 bits per heavy atom. The molecule has 3 aliphatic rings. The van der Waals surface area contributed by atoms with E-state index in [1.807, 2.05) is 0 Å². The van der Waals surface area contributed by atoms with Crippen LogP contribution in [0, 0.1) is 23.7 Å². The van der Waals surface area contributed by atoms with Crippen LogP contribution in [0.4, 0.5) is 0 Å². The van der Waals surface area contributed by atoms with Gasteiger partial charge in [0, 0.05) is 16.1 Å². The molecule has 1 aliphatic heterocycles. The number of alkyl halides is 2. The zero-order valence-corrected chi connectivity index (χ0v) is 16.0. The number of hydrogen-bond acceptors (Lipinski definition) is 2. The standard InChI is InChI=1S/C17H28Br2O2/c18-11-16(19)14-5-1-12(2-6-14)13-3-7-15(8-4-13)17-20-9-10-21-17/h12-17H,1-11H2. The Hall–Kier alpha value is 0.880. The zero-order chi connectivity index (χ0) is 14.7. The van der Waals surface area contributed by atoms with E-state index in [2.05, 4.69) is 31.9 Å². The average Bonchev–Trinajstić information content (AvgIpc) is 3.09. The van der Waals surface area contributed by atoms with Crippen LogP contribution in [0.3, 0.4) is 0 Å². The first-order valence-electron chi connectivity index (χ1n) is 8.71. The van der Waals surface area contributed by atoms with Crippen molar-refractivity contribution in [1.29, 1.82) is 0 Å². The van der Waals surface area contributed by atoms with Gasteiger partial charge in [0.1, 0.15) is 0 Å². The van der Waals surface area contributed by atoms with E-state index in [1.165, 1.54) is 51.4 Å². The van der Waals surface area contributed by atoms with E-state index in [0.717, 1.165) is 36.3 Å². The smallest absolute Gasteiger partial charge is 0.160 e. The highest BCUT2D eigenvalue weighted by Gasteiger charge is 2.35. The summed E-state index contributed by atoms with van der Waals surface area (Å²) in [5.41, 5.74) is 0. The van der Waals surface area contributed by atoms with Gasteiger partial charge in [-0.25, -0.2) is 0 Å². The predicted octanol–water partition coefficient (Wildman–Crippen LogP) is 5.13. The molecule has 2 saturated carbocycles. The molecule has 3 fully saturated rings. The number of rotatable bonds is 4. The molecule has 3 rings (SSSR count). The third kappa shape index (κ3) is 4.24. The van der Waals surface area contributed by atoms with E-state index < -0.39 is 0 Å². The Morgan fingerprint density at radius 2 is 1.24 bits per heavy atom. The number of hydrogen-bond donors (Lipinski definition) is 0. The lowest BCUT2D eigenvalue weighted by molar-refractivity contribution is -0.0973. The molecule has 0 N–H and O–H groups in total. The van der Waals surface area contributed by atoms with Crippen LogP contribution in [0.1, 0.15) is 51.4 Å². The van der Waals surface area contributed by atoms with Crippen LogP contribution >= 0.6 is 31.9 Å². The summed E-state index contributed by atoms with van der Waals surface area (Å²) in [5, 5.41) is 1.09. The topological polar surface area (TPSA) is 18.5 Å². The van der Waals surface area contributed by atoms with Gasteiger partial charge in [0.15, 0.2) is 6.29 Å². The second-order valence-electron chi connectivity index (χ2n) is 7.13. The minimum Gasteiger partial charge on any atom is -0.350 e. The lowest BCUT2D eigenvalue weighted by atomic mass is 9.69. The molecule has 0 aromatic rings. The molecule has 0 aromatic heterocycles. The fourth-order valence-corrected chi connectivity index (χ4v) is 5.70. The predicted molar refractivity (Wildman–Crippen MR) is 93.1 cm³/mol. The molecule has 122 valence electrons. The van der Waals surface area contributed by atoms with Gasteiger partial charge in [-0.1, -0.05) is 31.9 Å². The van der Waals surface area contributed by atoms with E-state index in [-0.39, 0.29) is 6.29 Å². The normalized spacial score (nSPS) is 40.3. The summed E-state index contributed by atoms with van der Waals surface area (Å²) >= 11 is 7.44. The Kier molecular flexibility index (Phi) is 6.47. The van der Waals surface area contributed by atoms with Crippen molar-refractivity contribution in [2.24, 2.45) is 23.7 Å². The van der Waals surface area contributed by atoms with Gasteiger partial charge in [0.25, 0.3) is 0 Å². The second-order valence-corrected chi connectivity index (χ2v) is 8.95. The molecular formula is C17H28Br2O2. The number of halogens is 2. The van der Waals surface area contributed by atoms with E-state index in [0.29, 0.717) is 10.7 Å². The minimum absolute atomic E-state index is 0.120. The van der Waals surface area contributed by atoms with Gasteiger partial charge in [-0.05, 0) is 69.1 Å². The zero-order valence-electron chi connectivity index (χ0n) is 12.8. The molecule has 0 spiro atoms. The van der Waals surface area contributed by atoms with Crippen LogP contribution in [-0.2, 0) is 9.47 Å². The van der Waals surface area contributed by atoms with Crippen molar-refractivity contribution >= 4 is 31.9 Å². The summed E-state index contributed by atoms with van der Waals surface area (Å²) in [4.78, 5) is 0.672. The average molecular weight is 424 g/mol. The Morgan fingerprint density at radius 3 is 1.76 bits per heavy atom. The van der Waals surface area contributed by atoms with Crippen molar-refractivity contribution in [3.63, 3.8) is 0 Å². The third-order valence-corrected chi connectivity index (χ3v) is 8.63. The Labute approximate surface area is 146 Å². The van der Waals surface area contributed by atoms with Gasteiger partial charge in [0.2, 0.25) is 0 Å². The monoisotopic (exact) mass is 422 g/mol. The van der Waals surface area contributed by atoms with Crippen LogP contribution in [-0.4, -0.2) is 29.7 Å². The van der Waals surface area contributed by atoms with Crippen LogP contribution in [0.15, 0.2) is 0 Å². The van der Waals surface area contributed by atoms with Crippen molar-refractivity contribution in [3.8, 4) is 0 Å². The molecule has 0 aromatic carbocycles. The molecule has 21 heavy (non-hydrogen) atoms. The molecule has 1 unspecified atom stereocenters. The van der Waals surface area contributed by atoms with E-state index in [1.54, 1.807) is 0 Å². The van der Waals surface area contributed by atoms with Gasteiger partial charge in [-0.15, -0.1) is 0 Å². The van der Waals surface area contributed by atoms with E-state index >= 15 is 0 Å². The van der Waals surface area contributed by atoms with Crippen molar-refractivity contribution in [1.82, 2.24) is 0 Å². The van der Waals surface area contributed by atoms with Gasteiger partial charge in [-0.2, -0.15) is 0 Å². The maximum atomic E-state index is 5.69. The molecule has 2 aliphatic carbocycles. The maximum Gasteiger partial charge on any atom is 0.160 e. The molecule has 0 radical (unpaired) electrons. The maximum absolute atomic E-state index is 5.69. The summed E-state index contributed by atoms with van der Waals surface area (Å²) in [6.45, 7) is 1.60. The molecular weight excluding hydrogens is 396 g/mol. The van der Waals surface area contributed by atoms with E-state index in [4.69, 9.17) is 9.47 Å². The van der Waals surface area contributed by atoms with Crippen LogP contribution in [0.2, 0.25) is 0 Å². The van der Waals surface area contributed by atoms with Gasteiger partial charge in [0.05, 0.1) is 13.2 Å². The van der Waals surface area contributed by atoms with E-state index in [9.17, 15) is 0 Å². The van der Waals surface area contributed by atoms with Crippen LogP contribution < -0.4 is 0 Å². The van der Waals surface area contributed by atoms with Crippen molar-refractivity contribution < 1.29 is 9.47 Å². The lowest BCUT2D eigenvalue weighted by Crippen LogP contribution is -2.31. The first-order chi connectivity index (χ1) is 10.3. The minimum atomic E-state index is 0.120. The molecule has 1 heterocycles. The first kappa shape index (κ1) is 16.7. The summed E-state index contributed by atoms with van der Waals surface area (Å²) in [5.74, 6) is 3.52. The summed E-state index contributed by atoms with van der Waals surface area (Å²) in [6, 6.07) is 0. The Bertz CT molecular complexity index is 304. The molecule has 1 saturated heterocycles. The van der Waals surface area contributed by atoms with Crippen molar-refractivity contribution in [3.05, 3.63) is 0 Å². The van der Waals surface area contributed by atoms with Crippen molar-refractivity contribution in [2.45, 2.75) is 62.5 Å². The fraction of sp³-hybridized carbons (Fsp3) is 1.00. The first-order valence-corrected chi connectivity index (χ1v) is 10.7. The molecule has 4 heteroatoms. The largest absolute Gasteiger partial charge is 0.350 e. The fourth-order valence-electron chi connectivity index (χ4n) is 4.64. The highest BCUT2D eigenvalue weighted by atomic mass is 79.9. The quantitative estimate of drug-likeness (QED) is 0.583. The van der Waals surface area contributed by atoms with Crippen molar-refractivity contribution in [2.75, 3.05) is 18.5 Å². The highest BCUT2D eigenvalue weighted by molar-refractivity contribution is 9.12. The summed E-state index contributed by atoms with van der Waals surface area (Å²) in [6.07, 6.45) is 11.3. The van der Waals surface area contributed by atoms with Gasteiger partial charge in [-0.3, -0.25) is 0 Å². The number of ether oxygens (including phenoxy) is 2. The lowest BCUT2D eigenvalue weighted by Gasteiger charge is -2.39. The third-order valence-electron chi connectivity index (χ3n) is 5.99. The molecule has 0 bridgehead atoms. The summed E-state index contributed by atoms with van der Waals surface area (Å²) in [7, 11) is 0. The molecule has 0 amide bonds. The SMILES string of the molecule is BrCC(Br)C1CCC(C2CCC(C3OCCO3)CC2)CC1. The molecule has 2 nitrogen and oxygen atoms in total. The second kappa shape index (κ2) is 8.12. The van der Waals surface area contributed by atoms with Gasteiger partial charge < -0.3 is 9.47 Å².